The highest BCUT2D eigenvalue weighted by molar-refractivity contribution is 5.85. The van der Waals surface area contributed by atoms with Gasteiger partial charge in [-0.05, 0) is 45.6 Å². The molecule has 1 amide bonds. The van der Waals surface area contributed by atoms with Crippen LogP contribution in [0.1, 0.15) is 42.0 Å². The van der Waals surface area contributed by atoms with Gasteiger partial charge in [0.2, 0.25) is 5.91 Å². The largest absolute Gasteiger partial charge is 0.433 e. The zero-order valence-electron chi connectivity index (χ0n) is 14.4. The van der Waals surface area contributed by atoms with Crippen LogP contribution in [0.2, 0.25) is 0 Å². The van der Waals surface area contributed by atoms with E-state index in [0.717, 1.165) is 19.4 Å². The number of nitrogens with one attached hydrogen (secondary N) is 2. The van der Waals surface area contributed by atoms with Crippen LogP contribution in [0.25, 0.3) is 0 Å². The molecule has 5 nitrogen and oxygen atoms in total. The number of aryl methyl sites for hydroxylation is 2. The molecule has 10 heteroatoms. The van der Waals surface area contributed by atoms with Crippen molar-refractivity contribution < 1.29 is 18.0 Å². The Balaban J connectivity index is 0.00000169. The average molecular weight is 415 g/mol. The highest BCUT2D eigenvalue weighted by Crippen LogP contribution is 2.36. The fourth-order valence-corrected chi connectivity index (χ4v) is 3.49. The van der Waals surface area contributed by atoms with Crippen LogP contribution < -0.4 is 10.6 Å². The molecule has 1 unspecified atom stereocenters. The number of aromatic nitrogens is 2. The van der Waals surface area contributed by atoms with Crippen LogP contribution in [0, 0.1) is 12.8 Å². The van der Waals surface area contributed by atoms with Gasteiger partial charge in [-0.1, -0.05) is 0 Å². The van der Waals surface area contributed by atoms with Crippen LogP contribution in [0.4, 0.5) is 13.2 Å². The molecule has 1 aromatic rings. The maximum Gasteiger partial charge on any atom is 0.433 e. The van der Waals surface area contributed by atoms with E-state index in [4.69, 9.17) is 0 Å². The highest BCUT2D eigenvalue weighted by Gasteiger charge is 2.40. The van der Waals surface area contributed by atoms with Gasteiger partial charge in [-0.2, -0.15) is 13.2 Å². The molecular weight excluding hydrogens is 392 g/mol. The molecule has 2 N–H and O–H groups in total. The molecule has 0 radical (unpaired) electrons. The maximum atomic E-state index is 13.3. The minimum Gasteiger partial charge on any atom is -0.352 e. The molecule has 2 atom stereocenters. The Kier molecular flexibility index (Phi) is 8.10. The topological polar surface area (TPSA) is 66.9 Å². The van der Waals surface area contributed by atoms with Crippen molar-refractivity contribution >= 4 is 30.7 Å². The average Bonchev–Trinajstić information content (AvgIpc) is 2.53. The molecule has 1 saturated heterocycles. The number of fused-ring (bicyclic) bond motifs is 1. The Morgan fingerprint density at radius 3 is 2.58 bits per heavy atom. The van der Waals surface area contributed by atoms with E-state index in [9.17, 15) is 18.0 Å². The number of amides is 1. The number of piperidine rings is 1. The van der Waals surface area contributed by atoms with Crippen LogP contribution in [-0.2, 0) is 23.8 Å². The number of carbonyl (C=O) groups is 1. The summed E-state index contributed by atoms with van der Waals surface area (Å²) in [6.45, 7) is 3.12. The van der Waals surface area contributed by atoms with Gasteiger partial charge in [0.1, 0.15) is 5.82 Å². The first-order valence-corrected chi connectivity index (χ1v) is 8.29. The lowest BCUT2D eigenvalue weighted by Gasteiger charge is -2.29. The molecular formula is C16H23Cl2F3N4O. The fraction of sp³-hybridized carbons (Fsp3) is 0.688. The molecule has 1 aromatic heterocycles. The van der Waals surface area contributed by atoms with Crippen LogP contribution in [-0.4, -0.2) is 35.0 Å². The van der Waals surface area contributed by atoms with Gasteiger partial charge in [0.25, 0.3) is 0 Å². The Morgan fingerprint density at radius 2 is 1.96 bits per heavy atom. The van der Waals surface area contributed by atoms with Crippen molar-refractivity contribution in [3.8, 4) is 0 Å². The molecule has 0 spiro atoms. The van der Waals surface area contributed by atoms with Crippen molar-refractivity contribution in [1.82, 2.24) is 20.6 Å². The molecule has 1 aliphatic heterocycles. The summed E-state index contributed by atoms with van der Waals surface area (Å²) < 4.78 is 39.8. The van der Waals surface area contributed by atoms with Crippen molar-refractivity contribution in [3.63, 3.8) is 0 Å². The van der Waals surface area contributed by atoms with Gasteiger partial charge >= 0.3 is 6.18 Å². The molecule has 148 valence electrons. The molecule has 3 rings (SSSR count). The second kappa shape index (κ2) is 9.19. The smallest absolute Gasteiger partial charge is 0.352 e. The van der Waals surface area contributed by atoms with Gasteiger partial charge in [-0.25, -0.2) is 9.97 Å². The first-order chi connectivity index (χ1) is 11.3. The molecule has 0 saturated carbocycles. The van der Waals surface area contributed by atoms with E-state index in [1.807, 2.05) is 0 Å². The van der Waals surface area contributed by atoms with E-state index in [2.05, 4.69) is 20.6 Å². The minimum absolute atomic E-state index is 0. The van der Waals surface area contributed by atoms with Gasteiger partial charge in [0, 0.05) is 29.8 Å². The van der Waals surface area contributed by atoms with Crippen molar-refractivity contribution in [2.75, 3.05) is 13.1 Å². The van der Waals surface area contributed by atoms with E-state index in [1.165, 1.54) is 6.92 Å². The Labute approximate surface area is 162 Å². The first kappa shape index (κ1) is 22.9. The van der Waals surface area contributed by atoms with Crippen LogP contribution in [0.15, 0.2) is 0 Å². The van der Waals surface area contributed by atoms with E-state index >= 15 is 0 Å². The monoisotopic (exact) mass is 414 g/mol. The number of rotatable bonds is 2. The van der Waals surface area contributed by atoms with Gasteiger partial charge in [-0.3, -0.25) is 4.79 Å². The molecule has 0 bridgehead atoms. The third-order valence-corrected chi connectivity index (χ3v) is 4.67. The van der Waals surface area contributed by atoms with Crippen LogP contribution >= 0.6 is 24.8 Å². The predicted octanol–water partition coefficient (Wildman–Crippen LogP) is 2.62. The Hall–Kier alpha value is -1.12. The van der Waals surface area contributed by atoms with Crippen molar-refractivity contribution in [3.05, 3.63) is 22.8 Å². The zero-order valence-corrected chi connectivity index (χ0v) is 16.0. The number of carbonyl (C=O) groups excluding carboxylic acids is 1. The standard InChI is InChI=1S/C16H21F3N4O.2ClH/c1-9-21-13-5-4-10(7-12(13)14(22-9)16(17,18)19)15(24)23-11-3-2-6-20-8-11;;/h10-11,20H,2-8H2,1H3,(H,23,24);2*1H/t10?,11-;;/m0../s1. The third-order valence-electron chi connectivity index (χ3n) is 4.67. The number of halogens is 5. The molecule has 0 aromatic carbocycles. The van der Waals surface area contributed by atoms with Crippen molar-refractivity contribution in [2.45, 2.75) is 51.2 Å². The molecule has 1 aliphatic carbocycles. The zero-order chi connectivity index (χ0) is 17.3. The minimum atomic E-state index is -4.52. The normalized spacial score (nSPS) is 22.5. The summed E-state index contributed by atoms with van der Waals surface area (Å²) in [7, 11) is 0. The van der Waals surface area contributed by atoms with Gasteiger partial charge in [0.05, 0.1) is 0 Å². The summed E-state index contributed by atoms with van der Waals surface area (Å²) in [5.74, 6) is -0.493. The Morgan fingerprint density at radius 1 is 1.23 bits per heavy atom. The van der Waals surface area contributed by atoms with E-state index in [0.29, 0.717) is 25.1 Å². The number of alkyl halides is 3. The first-order valence-electron chi connectivity index (χ1n) is 8.29. The predicted molar refractivity (Wildman–Crippen MR) is 95.8 cm³/mol. The molecule has 1 fully saturated rings. The molecule has 26 heavy (non-hydrogen) atoms. The van der Waals surface area contributed by atoms with Gasteiger partial charge in [0.15, 0.2) is 5.69 Å². The number of nitrogens with zero attached hydrogens (tertiary/aromatic N) is 2. The SMILES string of the molecule is Cc1nc2c(c(C(F)(F)F)n1)CC(C(=O)N[C@H]1CCCNC1)CC2.Cl.Cl. The number of hydrogen-bond donors (Lipinski definition) is 2. The highest BCUT2D eigenvalue weighted by atomic mass is 35.5. The lowest BCUT2D eigenvalue weighted by atomic mass is 9.84. The summed E-state index contributed by atoms with van der Waals surface area (Å²) in [6.07, 6.45) is -1.68. The summed E-state index contributed by atoms with van der Waals surface area (Å²) in [5, 5.41) is 6.18. The lowest BCUT2D eigenvalue weighted by Crippen LogP contribution is -2.48. The van der Waals surface area contributed by atoms with E-state index in [-0.39, 0.29) is 54.6 Å². The van der Waals surface area contributed by atoms with Gasteiger partial charge in [-0.15, -0.1) is 24.8 Å². The summed E-state index contributed by atoms with van der Waals surface area (Å²) in [5.41, 5.74) is -0.374. The van der Waals surface area contributed by atoms with Crippen LogP contribution in [0.5, 0.6) is 0 Å². The fourth-order valence-electron chi connectivity index (χ4n) is 3.49. The summed E-state index contributed by atoms with van der Waals surface area (Å²) >= 11 is 0. The Bertz CT molecular complexity index is 637. The second-order valence-corrected chi connectivity index (χ2v) is 6.53. The lowest BCUT2D eigenvalue weighted by molar-refractivity contribution is -0.142. The second-order valence-electron chi connectivity index (χ2n) is 6.53. The van der Waals surface area contributed by atoms with E-state index < -0.39 is 17.8 Å². The quantitative estimate of drug-likeness (QED) is 0.780. The third kappa shape index (κ3) is 5.20. The maximum absolute atomic E-state index is 13.3. The van der Waals surface area contributed by atoms with Gasteiger partial charge < -0.3 is 10.6 Å². The van der Waals surface area contributed by atoms with Crippen LogP contribution in [0.3, 0.4) is 0 Å². The summed E-state index contributed by atoms with van der Waals surface area (Å²) in [4.78, 5) is 20.2. The van der Waals surface area contributed by atoms with Crippen molar-refractivity contribution in [1.29, 1.82) is 0 Å². The number of hydrogen-bond acceptors (Lipinski definition) is 4. The molecule has 2 aliphatic rings. The summed E-state index contributed by atoms with van der Waals surface area (Å²) in [6, 6.07) is 0.0593. The van der Waals surface area contributed by atoms with Crippen molar-refractivity contribution in [2.24, 2.45) is 5.92 Å². The molecule has 2 heterocycles. The van der Waals surface area contributed by atoms with E-state index in [1.54, 1.807) is 0 Å².